The maximum absolute atomic E-state index is 13.1. The fourth-order valence-electron chi connectivity index (χ4n) is 5.31. The first-order valence-electron chi connectivity index (χ1n) is 11.5. The molecular weight excluding hydrogens is 458 g/mol. The van der Waals surface area contributed by atoms with Gasteiger partial charge in [0.25, 0.3) is 0 Å². The number of likely N-dealkylation sites (tertiary alicyclic amines) is 1. The Morgan fingerprint density at radius 1 is 1.13 bits per heavy atom. The monoisotopic (exact) mass is 491 g/mol. The number of benzene rings is 1. The molecular formula is C24H34BrN3O3. The van der Waals surface area contributed by atoms with Crippen molar-refractivity contribution in [2.45, 2.75) is 52.2 Å². The van der Waals surface area contributed by atoms with Gasteiger partial charge in [0.2, 0.25) is 11.8 Å². The van der Waals surface area contributed by atoms with E-state index in [1.807, 2.05) is 30.0 Å². The molecule has 170 valence electrons. The summed E-state index contributed by atoms with van der Waals surface area (Å²) in [6.45, 7) is 11.5. The van der Waals surface area contributed by atoms with E-state index >= 15 is 0 Å². The van der Waals surface area contributed by atoms with E-state index in [1.54, 1.807) is 4.90 Å². The van der Waals surface area contributed by atoms with Gasteiger partial charge in [-0.15, -0.1) is 0 Å². The highest BCUT2D eigenvalue weighted by atomic mass is 79.9. The summed E-state index contributed by atoms with van der Waals surface area (Å²) in [5.41, 5.74) is 1.97. The Balaban J connectivity index is 1.29. The van der Waals surface area contributed by atoms with Crippen LogP contribution in [0.25, 0.3) is 0 Å². The molecule has 3 heterocycles. The second-order valence-corrected chi connectivity index (χ2v) is 10.4. The highest BCUT2D eigenvalue weighted by molar-refractivity contribution is 9.10. The molecule has 0 radical (unpaired) electrons. The van der Waals surface area contributed by atoms with E-state index in [-0.39, 0.29) is 17.7 Å². The van der Waals surface area contributed by atoms with Gasteiger partial charge in [0.15, 0.2) is 0 Å². The zero-order chi connectivity index (χ0) is 22.1. The molecule has 3 saturated heterocycles. The molecule has 0 aliphatic carbocycles. The number of carbonyl (C=O) groups excluding carboxylic acids is 2. The zero-order valence-corrected chi connectivity index (χ0v) is 20.4. The number of halogens is 1. The number of rotatable bonds is 4. The number of hydrogen-bond donors (Lipinski definition) is 0. The quantitative estimate of drug-likeness (QED) is 0.646. The van der Waals surface area contributed by atoms with Gasteiger partial charge in [0.1, 0.15) is 0 Å². The lowest BCUT2D eigenvalue weighted by molar-refractivity contribution is -0.137. The normalized spacial score (nSPS) is 28.4. The molecule has 7 heteroatoms. The minimum Gasteiger partial charge on any atom is -0.373 e. The topological polar surface area (TPSA) is 53.1 Å². The number of amides is 2. The zero-order valence-electron chi connectivity index (χ0n) is 18.8. The standard InChI is InChI=1S/C24H34BrN3O3/c1-16-10-21(4-5-22(16)25)28-15-20(11-23(28)29)24(30)27-8-6-19(7-9-27)14-26-12-17(2)31-18(3)13-26/h4-5,10,17-20H,6-9,11-15H2,1-3H3. The smallest absolute Gasteiger partial charge is 0.228 e. The molecule has 3 unspecified atom stereocenters. The summed E-state index contributed by atoms with van der Waals surface area (Å²) in [5.74, 6) is 0.602. The summed E-state index contributed by atoms with van der Waals surface area (Å²) < 4.78 is 6.87. The van der Waals surface area contributed by atoms with Crippen LogP contribution in [0.5, 0.6) is 0 Å². The first-order valence-corrected chi connectivity index (χ1v) is 12.3. The number of carbonyl (C=O) groups is 2. The van der Waals surface area contributed by atoms with Gasteiger partial charge in [0.05, 0.1) is 18.1 Å². The minimum atomic E-state index is -0.228. The Morgan fingerprint density at radius 2 is 1.81 bits per heavy atom. The third-order valence-corrected chi connectivity index (χ3v) is 7.76. The van der Waals surface area contributed by atoms with Crippen molar-refractivity contribution in [3.63, 3.8) is 0 Å². The van der Waals surface area contributed by atoms with Crippen LogP contribution in [-0.2, 0) is 14.3 Å². The molecule has 6 nitrogen and oxygen atoms in total. The minimum absolute atomic E-state index is 0.0468. The van der Waals surface area contributed by atoms with Crippen LogP contribution in [0.4, 0.5) is 5.69 Å². The molecule has 3 atom stereocenters. The molecule has 3 aliphatic heterocycles. The molecule has 0 N–H and O–H groups in total. The maximum Gasteiger partial charge on any atom is 0.228 e. The van der Waals surface area contributed by atoms with Crippen molar-refractivity contribution in [3.8, 4) is 0 Å². The summed E-state index contributed by atoms with van der Waals surface area (Å²) in [4.78, 5) is 32.1. The van der Waals surface area contributed by atoms with Gasteiger partial charge in [-0.3, -0.25) is 14.5 Å². The first kappa shape index (κ1) is 22.7. The van der Waals surface area contributed by atoms with Gasteiger partial charge in [-0.2, -0.15) is 0 Å². The fourth-order valence-corrected chi connectivity index (χ4v) is 5.56. The van der Waals surface area contributed by atoms with Crippen LogP contribution < -0.4 is 4.90 Å². The molecule has 0 aromatic heterocycles. The van der Waals surface area contributed by atoms with Crippen molar-refractivity contribution in [1.29, 1.82) is 0 Å². The lowest BCUT2D eigenvalue weighted by Crippen LogP contribution is -2.49. The summed E-state index contributed by atoms with van der Waals surface area (Å²) in [5, 5.41) is 0. The number of hydrogen-bond acceptors (Lipinski definition) is 4. The van der Waals surface area contributed by atoms with Gasteiger partial charge in [-0.25, -0.2) is 0 Å². The van der Waals surface area contributed by atoms with Crippen LogP contribution in [0.15, 0.2) is 22.7 Å². The van der Waals surface area contributed by atoms with E-state index in [0.717, 1.165) is 61.3 Å². The Kier molecular flexibility index (Phi) is 7.04. The van der Waals surface area contributed by atoms with Gasteiger partial charge >= 0.3 is 0 Å². The van der Waals surface area contributed by atoms with E-state index in [0.29, 0.717) is 31.1 Å². The van der Waals surface area contributed by atoms with E-state index in [9.17, 15) is 9.59 Å². The average Bonchev–Trinajstić information content (AvgIpc) is 3.11. The number of piperidine rings is 1. The van der Waals surface area contributed by atoms with E-state index < -0.39 is 0 Å². The molecule has 2 amide bonds. The Morgan fingerprint density at radius 3 is 2.45 bits per heavy atom. The predicted octanol–water partition coefficient (Wildman–Crippen LogP) is 3.46. The fraction of sp³-hybridized carbons (Fsp3) is 0.667. The molecule has 4 rings (SSSR count). The van der Waals surface area contributed by atoms with E-state index in [4.69, 9.17) is 4.74 Å². The van der Waals surface area contributed by atoms with Crippen LogP contribution in [0.1, 0.15) is 38.7 Å². The maximum atomic E-state index is 13.1. The third kappa shape index (κ3) is 5.32. The highest BCUT2D eigenvalue weighted by Crippen LogP contribution is 2.30. The molecule has 3 aliphatic rings. The van der Waals surface area contributed by atoms with Gasteiger partial charge in [-0.05, 0) is 63.3 Å². The number of ether oxygens (including phenoxy) is 1. The van der Waals surface area contributed by atoms with Crippen molar-refractivity contribution in [1.82, 2.24) is 9.80 Å². The highest BCUT2D eigenvalue weighted by Gasteiger charge is 2.38. The van der Waals surface area contributed by atoms with Crippen molar-refractivity contribution >= 4 is 33.4 Å². The third-order valence-electron chi connectivity index (χ3n) is 6.87. The number of morpholine rings is 1. The molecule has 0 bridgehead atoms. The average molecular weight is 492 g/mol. The van der Waals surface area contributed by atoms with Crippen LogP contribution in [0.2, 0.25) is 0 Å². The lowest BCUT2D eigenvalue weighted by atomic mass is 9.94. The summed E-state index contributed by atoms with van der Waals surface area (Å²) in [7, 11) is 0. The molecule has 0 spiro atoms. The van der Waals surface area contributed by atoms with Crippen molar-refractivity contribution < 1.29 is 14.3 Å². The van der Waals surface area contributed by atoms with E-state index in [2.05, 4.69) is 34.7 Å². The second-order valence-electron chi connectivity index (χ2n) is 9.58. The largest absolute Gasteiger partial charge is 0.373 e. The predicted molar refractivity (Wildman–Crippen MR) is 125 cm³/mol. The SMILES string of the molecule is Cc1cc(N2CC(C(=O)N3CCC(CN4CC(C)OC(C)C4)CC3)CC2=O)ccc1Br. The molecule has 31 heavy (non-hydrogen) atoms. The van der Waals surface area contributed by atoms with Gasteiger partial charge in [0, 0.05) is 55.8 Å². The Hall–Kier alpha value is -1.44. The summed E-state index contributed by atoms with van der Waals surface area (Å²) in [6, 6.07) is 5.92. The number of anilines is 1. The second kappa shape index (κ2) is 9.59. The molecule has 1 aromatic rings. The molecule has 0 saturated carbocycles. The van der Waals surface area contributed by atoms with Crippen LogP contribution >= 0.6 is 15.9 Å². The summed E-state index contributed by atoms with van der Waals surface area (Å²) in [6.07, 6.45) is 2.99. The first-order chi connectivity index (χ1) is 14.8. The number of nitrogens with zero attached hydrogens (tertiary/aromatic N) is 3. The van der Waals surface area contributed by atoms with Crippen LogP contribution in [0, 0.1) is 18.8 Å². The molecule has 3 fully saturated rings. The van der Waals surface area contributed by atoms with Gasteiger partial charge < -0.3 is 14.5 Å². The Bertz CT molecular complexity index is 814. The summed E-state index contributed by atoms with van der Waals surface area (Å²) >= 11 is 3.51. The van der Waals surface area contributed by atoms with Gasteiger partial charge in [-0.1, -0.05) is 15.9 Å². The van der Waals surface area contributed by atoms with E-state index in [1.165, 1.54) is 0 Å². The molecule has 1 aromatic carbocycles. The van der Waals surface area contributed by atoms with Crippen molar-refractivity contribution in [3.05, 3.63) is 28.2 Å². The lowest BCUT2D eigenvalue weighted by Gasteiger charge is -2.39. The van der Waals surface area contributed by atoms with Crippen LogP contribution in [0.3, 0.4) is 0 Å². The van der Waals surface area contributed by atoms with Crippen molar-refractivity contribution in [2.24, 2.45) is 11.8 Å². The number of aryl methyl sites for hydroxylation is 1. The van der Waals surface area contributed by atoms with Crippen molar-refractivity contribution in [2.75, 3.05) is 44.2 Å². The van der Waals surface area contributed by atoms with Crippen LogP contribution in [-0.4, -0.2) is 73.1 Å². The Labute approximate surface area is 194 Å².